The van der Waals surface area contributed by atoms with Gasteiger partial charge < -0.3 is 20.4 Å². The fourth-order valence-corrected chi connectivity index (χ4v) is 3.13. The molecule has 3 N–H and O–H groups in total. The first-order valence-corrected chi connectivity index (χ1v) is 8.08. The number of phenolic OH excluding ortho intramolecular Hbond substituents is 1. The maximum atomic E-state index is 9.86. The Balaban J connectivity index is 0.00000156. The number of rotatable bonds is 5. The fourth-order valence-electron chi connectivity index (χ4n) is 3.13. The number of aliphatic hydroxyl groups excluding tert-OH is 1. The molecule has 0 saturated carbocycles. The van der Waals surface area contributed by atoms with Crippen LogP contribution in [0.1, 0.15) is 11.1 Å². The van der Waals surface area contributed by atoms with Crippen molar-refractivity contribution in [2.24, 2.45) is 0 Å². The van der Waals surface area contributed by atoms with Crippen LogP contribution in [0.25, 0.3) is 0 Å². The molecule has 1 unspecified atom stereocenters. The molecule has 1 atom stereocenters. The summed E-state index contributed by atoms with van der Waals surface area (Å²) in [5.74, 6) is 1.26. The van der Waals surface area contributed by atoms with Crippen LogP contribution in [0, 0.1) is 0 Å². The molecule has 0 spiro atoms. The van der Waals surface area contributed by atoms with E-state index in [1.165, 1.54) is 5.56 Å². The summed E-state index contributed by atoms with van der Waals surface area (Å²) in [6.45, 7) is 2.84. The smallest absolute Gasteiger partial charge is 0.128 e. The summed E-state index contributed by atoms with van der Waals surface area (Å²) in [7, 11) is 0. The lowest BCUT2D eigenvalue weighted by Gasteiger charge is -2.37. The molecule has 1 fully saturated rings. The average Bonchev–Trinajstić information content (AvgIpc) is 2.59. The molecule has 1 saturated heterocycles. The van der Waals surface area contributed by atoms with Crippen LogP contribution in [0.3, 0.4) is 0 Å². The molecular weight excluding hydrogens is 361 g/mol. The lowest BCUT2D eigenvalue weighted by molar-refractivity contribution is 0.297. The Kier molecular flexibility index (Phi) is 9.00. The van der Waals surface area contributed by atoms with Crippen molar-refractivity contribution in [1.29, 1.82) is 0 Å². The van der Waals surface area contributed by atoms with E-state index in [4.69, 9.17) is 5.11 Å². The number of halogens is 2. The number of aromatic hydroxyl groups is 1. The van der Waals surface area contributed by atoms with Crippen LogP contribution < -0.4 is 10.2 Å². The van der Waals surface area contributed by atoms with E-state index in [9.17, 15) is 5.11 Å². The van der Waals surface area contributed by atoms with Crippen LogP contribution in [0.4, 0.5) is 5.82 Å². The number of hydrogen-bond donors (Lipinski definition) is 3. The molecule has 1 aromatic heterocycles. The third-order valence-electron chi connectivity index (χ3n) is 4.29. The third kappa shape index (κ3) is 5.47. The molecular formula is C18H25Cl2N3O2. The molecule has 1 aliphatic rings. The predicted octanol–water partition coefficient (Wildman–Crippen LogP) is 2.19. The number of aromatic nitrogens is 1. The summed E-state index contributed by atoms with van der Waals surface area (Å²) in [4.78, 5) is 6.82. The number of benzene rings is 1. The molecule has 7 heteroatoms. The quantitative estimate of drug-likeness (QED) is 0.735. The van der Waals surface area contributed by atoms with Gasteiger partial charge in [-0.25, -0.2) is 4.98 Å². The van der Waals surface area contributed by atoms with Crippen molar-refractivity contribution in [3.63, 3.8) is 0 Å². The van der Waals surface area contributed by atoms with Gasteiger partial charge in [-0.05, 0) is 42.2 Å². The van der Waals surface area contributed by atoms with Gasteiger partial charge in [0.25, 0.3) is 0 Å². The highest BCUT2D eigenvalue weighted by Gasteiger charge is 2.23. The van der Waals surface area contributed by atoms with Gasteiger partial charge in [0.2, 0.25) is 0 Å². The second-order valence-electron chi connectivity index (χ2n) is 5.88. The number of nitrogens with zero attached hydrogens (tertiary/aromatic N) is 2. The zero-order valence-electron chi connectivity index (χ0n) is 14.0. The number of nitrogens with one attached hydrogen (secondary N) is 1. The van der Waals surface area contributed by atoms with Crippen molar-refractivity contribution < 1.29 is 10.2 Å². The van der Waals surface area contributed by atoms with Crippen LogP contribution in [0.15, 0.2) is 42.6 Å². The van der Waals surface area contributed by atoms with Gasteiger partial charge in [-0.2, -0.15) is 0 Å². The first-order valence-electron chi connectivity index (χ1n) is 8.08. The summed E-state index contributed by atoms with van der Waals surface area (Å²) >= 11 is 0. The lowest BCUT2D eigenvalue weighted by Crippen LogP contribution is -2.52. The zero-order chi connectivity index (χ0) is 16.1. The molecule has 0 bridgehead atoms. The highest BCUT2D eigenvalue weighted by molar-refractivity contribution is 5.85. The van der Waals surface area contributed by atoms with Crippen LogP contribution in [-0.2, 0) is 12.8 Å². The SMILES string of the molecule is Cl.Cl.OCCc1cc(CC2CNCCN2c2ccccn2)ccc1O. The minimum atomic E-state index is 0. The molecule has 138 valence electrons. The van der Waals surface area contributed by atoms with Crippen molar-refractivity contribution in [3.05, 3.63) is 53.7 Å². The maximum Gasteiger partial charge on any atom is 0.128 e. The molecule has 25 heavy (non-hydrogen) atoms. The van der Waals surface area contributed by atoms with Crippen molar-refractivity contribution in [2.45, 2.75) is 18.9 Å². The van der Waals surface area contributed by atoms with Gasteiger partial charge in [-0.15, -0.1) is 24.8 Å². The van der Waals surface area contributed by atoms with E-state index >= 15 is 0 Å². The van der Waals surface area contributed by atoms with Gasteiger partial charge in [0.05, 0.1) is 0 Å². The number of pyridine rings is 1. The summed E-state index contributed by atoms with van der Waals surface area (Å²) in [5.41, 5.74) is 1.97. The molecule has 5 nitrogen and oxygen atoms in total. The van der Waals surface area contributed by atoms with E-state index in [2.05, 4.69) is 15.2 Å². The molecule has 3 rings (SSSR count). The van der Waals surface area contributed by atoms with Crippen molar-refractivity contribution in [3.8, 4) is 5.75 Å². The van der Waals surface area contributed by atoms with E-state index < -0.39 is 0 Å². The third-order valence-corrected chi connectivity index (χ3v) is 4.29. The highest BCUT2D eigenvalue weighted by atomic mass is 35.5. The first-order chi connectivity index (χ1) is 11.3. The Bertz CT molecular complexity index is 643. The number of phenols is 1. The molecule has 2 heterocycles. The summed E-state index contributed by atoms with van der Waals surface area (Å²) in [6, 6.07) is 12.0. The van der Waals surface area contributed by atoms with Crippen LogP contribution in [-0.4, -0.2) is 47.5 Å². The molecule has 1 aromatic carbocycles. The van der Waals surface area contributed by atoms with Crippen LogP contribution >= 0.6 is 24.8 Å². The van der Waals surface area contributed by atoms with Gasteiger partial charge in [0.1, 0.15) is 11.6 Å². The lowest BCUT2D eigenvalue weighted by atomic mass is 9.99. The normalized spacial score (nSPS) is 16.7. The van der Waals surface area contributed by atoms with Crippen LogP contribution in [0.5, 0.6) is 5.75 Å². The minimum Gasteiger partial charge on any atom is -0.508 e. The summed E-state index contributed by atoms with van der Waals surface area (Å²) in [6.07, 6.45) is 3.18. The van der Waals surface area contributed by atoms with E-state index in [1.807, 2.05) is 36.5 Å². The molecule has 0 amide bonds. The number of piperazine rings is 1. The average molecular weight is 386 g/mol. The number of anilines is 1. The first kappa shape index (κ1) is 21.5. The highest BCUT2D eigenvalue weighted by Crippen LogP contribution is 2.22. The number of hydrogen-bond acceptors (Lipinski definition) is 5. The van der Waals surface area contributed by atoms with E-state index in [1.54, 1.807) is 6.07 Å². The van der Waals surface area contributed by atoms with Gasteiger partial charge >= 0.3 is 0 Å². The van der Waals surface area contributed by atoms with Gasteiger partial charge in [-0.3, -0.25) is 0 Å². The Morgan fingerprint density at radius 2 is 2.04 bits per heavy atom. The molecule has 1 aliphatic heterocycles. The number of aliphatic hydroxyl groups is 1. The topological polar surface area (TPSA) is 68.6 Å². The summed E-state index contributed by atoms with van der Waals surface area (Å²) in [5, 5.41) is 22.4. The second-order valence-corrected chi connectivity index (χ2v) is 5.88. The Labute approximate surface area is 160 Å². The van der Waals surface area contributed by atoms with Gasteiger partial charge in [0, 0.05) is 38.5 Å². The summed E-state index contributed by atoms with van der Waals surface area (Å²) < 4.78 is 0. The van der Waals surface area contributed by atoms with E-state index in [0.29, 0.717) is 12.5 Å². The molecule has 0 aliphatic carbocycles. The predicted molar refractivity (Wildman–Crippen MR) is 105 cm³/mol. The van der Waals surface area contributed by atoms with Crippen LogP contribution in [0.2, 0.25) is 0 Å². The molecule has 2 aromatic rings. The van der Waals surface area contributed by atoms with Gasteiger partial charge in [-0.1, -0.05) is 18.2 Å². The minimum absolute atomic E-state index is 0. The zero-order valence-corrected chi connectivity index (χ0v) is 15.6. The van der Waals surface area contributed by atoms with E-state index in [-0.39, 0.29) is 37.2 Å². The second kappa shape index (κ2) is 10.5. The largest absolute Gasteiger partial charge is 0.508 e. The van der Waals surface area contributed by atoms with Crippen molar-refractivity contribution in [2.75, 3.05) is 31.1 Å². The van der Waals surface area contributed by atoms with Crippen molar-refractivity contribution >= 4 is 30.6 Å². The standard InChI is InChI=1S/C18H23N3O2.2ClH/c22-10-6-15-11-14(4-5-17(15)23)12-16-13-19-8-9-21(16)18-3-1-2-7-20-18;;/h1-5,7,11,16,19,22-23H,6,8-10,12-13H2;2*1H. The molecule has 0 radical (unpaired) electrons. The Morgan fingerprint density at radius 3 is 2.76 bits per heavy atom. The monoisotopic (exact) mass is 385 g/mol. The van der Waals surface area contributed by atoms with Gasteiger partial charge in [0.15, 0.2) is 0 Å². The maximum absolute atomic E-state index is 9.86. The Morgan fingerprint density at radius 1 is 1.20 bits per heavy atom. The fraction of sp³-hybridized carbons (Fsp3) is 0.389. The van der Waals surface area contributed by atoms with Crippen molar-refractivity contribution in [1.82, 2.24) is 10.3 Å². The Hall–Kier alpha value is -1.53. The van der Waals surface area contributed by atoms with E-state index in [0.717, 1.165) is 37.4 Å².